The Hall–Kier alpha value is -2.63. The first-order chi connectivity index (χ1) is 8.91. The van der Waals surface area contributed by atoms with Crippen LogP contribution in [0.2, 0.25) is 0 Å². The number of carboxylic acid groups (broad SMARTS) is 1. The van der Waals surface area contributed by atoms with Crippen molar-refractivity contribution in [3.05, 3.63) is 47.5 Å². The van der Waals surface area contributed by atoms with E-state index < -0.39 is 17.8 Å². The van der Waals surface area contributed by atoms with E-state index in [1.165, 1.54) is 31.2 Å². The molecule has 0 aliphatic heterocycles. The third-order valence-electron chi connectivity index (χ3n) is 2.17. The molecular formula is C13H13NO5. The van der Waals surface area contributed by atoms with E-state index in [0.29, 0.717) is 5.57 Å². The molecule has 0 saturated heterocycles. The monoisotopic (exact) mass is 263 g/mol. The highest BCUT2D eigenvalue weighted by Gasteiger charge is 2.11. The summed E-state index contributed by atoms with van der Waals surface area (Å²) in [6.45, 7) is 4.64. The van der Waals surface area contributed by atoms with Crippen LogP contribution >= 0.6 is 0 Å². The quantitative estimate of drug-likeness (QED) is 0.473. The molecule has 0 radical (unpaired) electrons. The van der Waals surface area contributed by atoms with Crippen LogP contribution in [0.1, 0.15) is 27.6 Å². The molecule has 0 heterocycles. The number of hydrogen-bond donors (Lipinski definition) is 2. The minimum atomic E-state index is -1.13. The van der Waals surface area contributed by atoms with Crippen molar-refractivity contribution in [2.45, 2.75) is 6.92 Å². The molecule has 1 aromatic carbocycles. The zero-order valence-electron chi connectivity index (χ0n) is 10.3. The van der Waals surface area contributed by atoms with Crippen LogP contribution in [0.5, 0.6) is 0 Å². The molecule has 0 aliphatic carbocycles. The van der Waals surface area contributed by atoms with E-state index in [0.717, 1.165) is 0 Å². The Bertz CT molecular complexity index is 536. The Morgan fingerprint density at radius 3 is 2.53 bits per heavy atom. The van der Waals surface area contributed by atoms with Crippen LogP contribution in [0.15, 0.2) is 36.4 Å². The summed E-state index contributed by atoms with van der Waals surface area (Å²) in [6, 6.07) is 5.43. The van der Waals surface area contributed by atoms with Crippen molar-refractivity contribution in [1.29, 1.82) is 0 Å². The number of hydrogen-bond acceptors (Lipinski definition) is 4. The number of aromatic carboxylic acids is 1. The highest BCUT2D eigenvalue weighted by molar-refractivity contribution is 5.95. The van der Waals surface area contributed by atoms with Gasteiger partial charge in [-0.05, 0) is 25.1 Å². The van der Waals surface area contributed by atoms with E-state index in [4.69, 9.17) is 9.84 Å². The van der Waals surface area contributed by atoms with Gasteiger partial charge in [0.05, 0.1) is 11.1 Å². The molecule has 0 bridgehead atoms. The molecule has 0 unspecified atom stereocenters. The summed E-state index contributed by atoms with van der Waals surface area (Å²) >= 11 is 0. The van der Waals surface area contributed by atoms with Gasteiger partial charge >= 0.3 is 11.9 Å². The fourth-order valence-corrected chi connectivity index (χ4v) is 1.18. The molecule has 0 aliphatic rings. The maximum absolute atomic E-state index is 11.6. The van der Waals surface area contributed by atoms with Crippen molar-refractivity contribution in [1.82, 2.24) is 5.32 Å². The topological polar surface area (TPSA) is 92.7 Å². The average molecular weight is 263 g/mol. The molecule has 6 nitrogen and oxygen atoms in total. The van der Waals surface area contributed by atoms with Crippen LogP contribution in [0.3, 0.4) is 0 Å². The Morgan fingerprint density at radius 1 is 1.32 bits per heavy atom. The van der Waals surface area contributed by atoms with Crippen molar-refractivity contribution >= 4 is 17.8 Å². The smallest absolute Gasteiger partial charge is 0.339 e. The van der Waals surface area contributed by atoms with E-state index in [2.05, 4.69) is 11.9 Å². The average Bonchev–Trinajstić information content (AvgIpc) is 2.38. The van der Waals surface area contributed by atoms with Crippen molar-refractivity contribution in [2.24, 2.45) is 0 Å². The van der Waals surface area contributed by atoms with Crippen molar-refractivity contribution in [3.8, 4) is 0 Å². The Kier molecular flexibility index (Phi) is 4.82. The second-order valence-corrected chi connectivity index (χ2v) is 3.75. The number of benzene rings is 1. The summed E-state index contributed by atoms with van der Waals surface area (Å²) in [7, 11) is 0. The number of carbonyl (C=O) groups excluding carboxylic acids is 2. The minimum absolute atomic E-state index is 0.0135. The number of carbonyl (C=O) groups is 3. The van der Waals surface area contributed by atoms with E-state index in [1.54, 1.807) is 0 Å². The third kappa shape index (κ3) is 4.27. The van der Waals surface area contributed by atoms with E-state index in [9.17, 15) is 14.4 Å². The third-order valence-corrected chi connectivity index (χ3v) is 2.17. The summed E-state index contributed by atoms with van der Waals surface area (Å²) in [5.74, 6) is -2.28. The lowest BCUT2D eigenvalue weighted by molar-refractivity contribution is -0.118. The van der Waals surface area contributed by atoms with Gasteiger partial charge in [-0.15, -0.1) is 0 Å². The fraction of sp³-hybridized carbons (Fsp3) is 0.154. The second kappa shape index (κ2) is 6.34. The molecule has 2 N–H and O–H groups in total. The fourth-order valence-electron chi connectivity index (χ4n) is 1.18. The number of amides is 1. The van der Waals surface area contributed by atoms with Crippen molar-refractivity contribution in [3.63, 3.8) is 0 Å². The zero-order chi connectivity index (χ0) is 14.4. The van der Waals surface area contributed by atoms with Gasteiger partial charge in [0.1, 0.15) is 0 Å². The van der Waals surface area contributed by atoms with Crippen molar-refractivity contribution in [2.75, 3.05) is 6.73 Å². The summed E-state index contributed by atoms with van der Waals surface area (Å²) in [6.07, 6.45) is 0. The van der Waals surface area contributed by atoms with E-state index in [-0.39, 0.29) is 17.9 Å². The van der Waals surface area contributed by atoms with Crippen LogP contribution < -0.4 is 5.32 Å². The minimum Gasteiger partial charge on any atom is -0.478 e. The van der Waals surface area contributed by atoms with Gasteiger partial charge in [0.15, 0.2) is 6.73 Å². The van der Waals surface area contributed by atoms with Gasteiger partial charge in [0.2, 0.25) is 5.91 Å². The summed E-state index contributed by atoms with van der Waals surface area (Å²) in [5.41, 5.74) is 0.383. The lowest BCUT2D eigenvalue weighted by Crippen LogP contribution is -2.28. The van der Waals surface area contributed by atoms with Crippen molar-refractivity contribution < 1.29 is 24.2 Å². The van der Waals surface area contributed by atoms with Gasteiger partial charge in [-0.1, -0.05) is 12.6 Å². The summed E-state index contributed by atoms with van der Waals surface area (Å²) in [5, 5.41) is 11.1. The Balaban J connectivity index is 2.59. The normalized spacial score (nSPS) is 9.53. The lowest BCUT2D eigenvalue weighted by atomic mass is 10.1. The highest BCUT2D eigenvalue weighted by atomic mass is 16.5. The van der Waals surface area contributed by atoms with Gasteiger partial charge in [0, 0.05) is 5.57 Å². The largest absolute Gasteiger partial charge is 0.478 e. The van der Waals surface area contributed by atoms with Crippen LogP contribution in [0.25, 0.3) is 0 Å². The first kappa shape index (κ1) is 14.4. The Labute approximate surface area is 109 Å². The summed E-state index contributed by atoms with van der Waals surface area (Å²) in [4.78, 5) is 33.4. The van der Waals surface area contributed by atoms with E-state index >= 15 is 0 Å². The first-order valence-electron chi connectivity index (χ1n) is 5.36. The molecule has 0 fully saturated rings. The number of ether oxygens (including phenoxy) is 1. The SMILES string of the molecule is C=C(C)C(=O)NCOC(=O)c1cccc(C(=O)O)c1. The molecule has 0 aromatic heterocycles. The number of carboxylic acids is 1. The van der Waals surface area contributed by atoms with Gasteiger partial charge in [-0.25, -0.2) is 9.59 Å². The predicted molar refractivity (Wildman–Crippen MR) is 66.6 cm³/mol. The molecule has 0 spiro atoms. The zero-order valence-corrected chi connectivity index (χ0v) is 10.3. The molecule has 0 saturated carbocycles. The van der Waals surface area contributed by atoms with Gasteiger partial charge in [-0.2, -0.15) is 0 Å². The van der Waals surface area contributed by atoms with Gasteiger partial charge < -0.3 is 15.2 Å². The molecular weight excluding hydrogens is 250 g/mol. The molecule has 19 heavy (non-hydrogen) atoms. The molecule has 0 atom stereocenters. The number of rotatable bonds is 5. The number of esters is 1. The molecule has 6 heteroatoms. The second-order valence-electron chi connectivity index (χ2n) is 3.75. The van der Waals surface area contributed by atoms with Gasteiger partial charge in [-0.3, -0.25) is 4.79 Å². The highest BCUT2D eigenvalue weighted by Crippen LogP contribution is 2.06. The van der Waals surface area contributed by atoms with Crippen LogP contribution in [0, 0.1) is 0 Å². The predicted octanol–water partition coefficient (Wildman–Crippen LogP) is 1.19. The maximum Gasteiger partial charge on any atom is 0.339 e. The maximum atomic E-state index is 11.6. The standard InChI is InChI=1S/C13H13NO5/c1-8(2)11(15)14-7-19-13(18)10-5-3-4-9(6-10)12(16)17/h3-6H,1,7H2,2H3,(H,14,15)(H,16,17). The molecule has 1 rings (SSSR count). The van der Waals surface area contributed by atoms with Crippen LogP contribution in [0.4, 0.5) is 0 Å². The molecule has 1 aromatic rings. The molecule has 100 valence electrons. The van der Waals surface area contributed by atoms with E-state index in [1.807, 2.05) is 0 Å². The Morgan fingerprint density at radius 2 is 1.95 bits per heavy atom. The lowest BCUT2D eigenvalue weighted by Gasteiger charge is -2.07. The van der Waals surface area contributed by atoms with Crippen LogP contribution in [-0.4, -0.2) is 29.7 Å². The van der Waals surface area contributed by atoms with Crippen LogP contribution in [-0.2, 0) is 9.53 Å². The number of nitrogens with one attached hydrogen (secondary N) is 1. The molecule has 1 amide bonds. The summed E-state index contributed by atoms with van der Waals surface area (Å²) < 4.78 is 4.78. The van der Waals surface area contributed by atoms with Gasteiger partial charge in [0.25, 0.3) is 0 Å². The first-order valence-corrected chi connectivity index (χ1v) is 5.36.